The Morgan fingerprint density at radius 1 is 1.39 bits per heavy atom. The molecule has 18 heavy (non-hydrogen) atoms. The lowest BCUT2D eigenvalue weighted by atomic mass is 10.0. The van der Waals surface area contributed by atoms with Crippen molar-refractivity contribution in [3.63, 3.8) is 0 Å². The van der Waals surface area contributed by atoms with Crippen molar-refractivity contribution >= 4 is 28.4 Å². The molecule has 2 N–H and O–H groups in total. The second kappa shape index (κ2) is 4.30. The maximum absolute atomic E-state index is 11.9. The van der Waals surface area contributed by atoms with Crippen LogP contribution in [0.25, 0.3) is 10.9 Å². The number of hydrogen-bond donors (Lipinski definition) is 2. The molecular formula is C13H14ClN3O. The van der Waals surface area contributed by atoms with Crippen LogP contribution < -0.4 is 10.6 Å². The summed E-state index contributed by atoms with van der Waals surface area (Å²) in [7, 11) is 1.96. The summed E-state index contributed by atoms with van der Waals surface area (Å²) in [5, 5.41) is 7.90. The molecule has 0 spiro atoms. The van der Waals surface area contributed by atoms with E-state index >= 15 is 0 Å². The number of carbonyl (C=O) groups excluding carboxylic acids is 1. The molecule has 2 aromatic rings. The monoisotopic (exact) mass is 263 g/mol. The molecule has 5 heteroatoms. The van der Waals surface area contributed by atoms with Gasteiger partial charge in [-0.05, 0) is 12.1 Å². The summed E-state index contributed by atoms with van der Waals surface area (Å²) in [6.07, 6.45) is 1.99. The number of amides is 1. The first-order valence-corrected chi connectivity index (χ1v) is 6.30. The number of fused-ring (bicyclic) bond motifs is 1. The molecule has 1 fully saturated rings. The summed E-state index contributed by atoms with van der Waals surface area (Å²) < 4.78 is 2.00. The summed E-state index contributed by atoms with van der Waals surface area (Å²) in [5.74, 6) is 0.0312. The van der Waals surface area contributed by atoms with Gasteiger partial charge in [0, 0.05) is 47.8 Å². The predicted molar refractivity (Wildman–Crippen MR) is 71.7 cm³/mol. The van der Waals surface area contributed by atoms with E-state index in [1.807, 2.05) is 36.0 Å². The van der Waals surface area contributed by atoms with Gasteiger partial charge in [-0.15, -0.1) is 0 Å². The van der Waals surface area contributed by atoms with Crippen LogP contribution in [0.2, 0.25) is 5.02 Å². The van der Waals surface area contributed by atoms with Crippen molar-refractivity contribution < 1.29 is 4.79 Å². The maximum atomic E-state index is 11.9. The zero-order valence-electron chi connectivity index (χ0n) is 10.0. The van der Waals surface area contributed by atoms with Crippen LogP contribution in [0.1, 0.15) is 11.6 Å². The van der Waals surface area contributed by atoms with E-state index in [2.05, 4.69) is 10.6 Å². The van der Waals surface area contributed by atoms with Gasteiger partial charge in [-0.3, -0.25) is 4.79 Å². The van der Waals surface area contributed by atoms with Gasteiger partial charge in [0.05, 0.1) is 0 Å². The van der Waals surface area contributed by atoms with Crippen LogP contribution >= 0.6 is 11.6 Å². The topological polar surface area (TPSA) is 46.1 Å². The number of benzene rings is 1. The molecule has 0 bridgehead atoms. The summed E-state index contributed by atoms with van der Waals surface area (Å²) >= 11 is 6.01. The van der Waals surface area contributed by atoms with Crippen LogP contribution in [0.4, 0.5) is 0 Å². The van der Waals surface area contributed by atoms with E-state index in [1.54, 1.807) is 0 Å². The number of aromatic nitrogens is 1. The van der Waals surface area contributed by atoms with Crippen molar-refractivity contribution in [3.8, 4) is 0 Å². The number of nitrogens with zero attached hydrogens (tertiary/aromatic N) is 1. The second-order valence-electron chi connectivity index (χ2n) is 4.53. The van der Waals surface area contributed by atoms with Crippen LogP contribution in [-0.4, -0.2) is 23.6 Å². The molecule has 1 amide bonds. The SMILES string of the molecule is Cn1cc(C2NCCNC2=O)c2ccc(Cl)cc21. The van der Waals surface area contributed by atoms with E-state index in [1.165, 1.54) is 0 Å². The Bertz CT molecular complexity index is 620. The van der Waals surface area contributed by atoms with Gasteiger partial charge in [0.15, 0.2) is 0 Å². The van der Waals surface area contributed by atoms with Gasteiger partial charge in [0.1, 0.15) is 6.04 Å². The third-order valence-electron chi connectivity index (χ3n) is 3.33. The van der Waals surface area contributed by atoms with Gasteiger partial charge < -0.3 is 15.2 Å². The zero-order chi connectivity index (χ0) is 12.7. The molecule has 1 aliphatic rings. The highest BCUT2D eigenvalue weighted by Crippen LogP contribution is 2.28. The molecule has 1 atom stereocenters. The summed E-state index contributed by atoms with van der Waals surface area (Å²) in [4.78, 5) is 11.9. The van der Waals surface area contributed by atoms with Crippen molar-refractivity contribution in [2.24, 2.45) is 7.05 Å². The van der Waals surface area contributed by atoms with E-state index in [-0.39, 0.29) is 11.9 Å². The average Bonchev–Trinajstić information content (AvgIpc) is 2.67. The summed E-state index contributed by atoms with van der Waals surface area (Å²) in [6.45, 7) is 1.48. The third-order valence-corrected chi connectivity index (χ3v) is 3.56. The minimum Gasteiger partial charge on any atom is -0.353 e. The second-order valence-corrected chi connectivity index (χ2v) is 4.97. The van der Waals surface area contributed by atoms with Gasteiger partial charge in [-0.25, -0.2) is 0 Å². The Morgan fingerprint density at radius 3 is 3.00 bits per heavy atom. The molecule has 2 heterocycles. The van der Waals surface area contributed by atoms with Crippen LogP contribution in [0.3, 0.4) is 0 Å². The van der Waals surface area contributed by atoms with E-state index in [0.717, 1.165) is 23.0 Å². The highest BCUT2D eigenvalue weighted by molar-refractivity contribution is 6.31. The lowest BCUT2D eigenvalue weighted by Gasteiger charge is -2.23. The first-order valence-electron chi connectivity index (χ1n) is 5.92. The molecule has 1 aromatic carbocycles. The summed E-state index contributed by atoms with van der Waals surface area (Å²) in [6, 6.07) is 5.47. The molecule has 0 aliphatic carbocycles. The Hall–Kier alpha value is -1.52. The largest absolute Gasteiger partial charge is 0.353 e. The molecule has 0 radical (unpaired) electrons. The maximum Gasteiger partial charge on any atom is 0.241 e. The highest BCUT2D eigenvalue weighted by Gasteiger charge is 2.26. The fourth-order valence-electron chi connectivity index (χ4n) is 2.47. The van der Waals surface area contributed by atoms with Crippen LogP contribution in [0.15, 0.2) is 24.4 Å². The highest BCUT2D eigenvalue weighted by atomic mass is 35.5. The molecule has 4 nitrogen and oxygen atoms in total. The molecule has 0 saturated carbocycles. The number of nitrogens with one attached hydrogen (secondary N) is 2. The Balaban J connectivity index is 2.14. The molecular weight excluding hydrogens is 250 g/mol. The Morgan fingerprint density at radius 2 is 2.22 bits per heavy atom. The fraction of sp³-hybridized carbons (Fsp3) is 0.308. The van der Waals surface area contributed by atoms with Crippen molar-refractivity contribution in [1.29, 1.82) is 0 Å². The molecule has 1 aliphatic heterocycles. The van der Waals surface area contributed by atoms with Crippen LogP contribution in [0.5, 0.6) is 0 Å². The first-order chi connectivity index (χ1) is 8.66. The van der Waals surface area contributed by atoms with Crippen molar-refractivity contribution in [3.05, 3.63) is 35.0 Å². The molecule has 1 saturated heterocycles. The van der Waals surface area contributed by atoms with Gasteiger partial charge in [0.2, 0.25) is 5.91 Å². The van der Waals surface area contributed by atoms with E-state index in [0.29, 0.717) is 11.6 Å². The molecule has 1 unspecified atom stereocenters. The average molecular weight is 264 g/mol. The molecule has 3 rings (SSSR count). The smallest absolute Gasteiger partial charge is 0.241 e. The van der Waals surface area contributed by atoms with Crippen LogP contribution in [0, 0.1) is 0 Å². The van der Waals surface area contributed by atoms with Crippen molar-refractivity contribution in [1.82, 2.24) is 15.2 Å². The lowest BCUT2D eigenvalue weighted by Crippen LogP contribution is -2.47. The predicted octanol–water partition coefficient (Wildman–Crippen LogP) is 1.59. The van der Waals surface area contributed by atoms with Gasteiger partial charge in [0.25, 0.3) is 0 Å². The molecule has 1 aromatic heterocycles. The lowest BCUT2D eigenvalue weighted by molar-refractivity contribution is -0.124. The number of rotatable bonds is 1. The number of piperazine rings is 1. The third kappa shape index (κ3) is 1.78. The number of carbonyl (C=O) groups is 1. The van der Waals surface area contributed by atoms with E-state index < -0.39 is 0 Å². The van der Waals surface area contributed by atoms with Gasteiger partial charge in [-0.2, -0.15) is 0 Å². The van der Waals surface area contributed by atoms with Crippen molar-refractivity contribution in [2.75, 3.05) is 13.1 Å². The summed E-state index contributed by atoms with van der Waals surface area (Å²) in [5.41, 5.74) is 2.04. The number of aryl methyl sites for hydroxylation is 1. The van der Waals surface area contributed by atoms with Gasteiger partial charge in [-0.1, -0.05) is 17.7 Å². The number of halogens is 1. The fourth-order valence-corrected chi connectivity index (χ4v) is 2.63. The van der Waals surface area contributed by atoms with Crippen LogP contribution in [-0.2, 0) is 11.8 Å². The standard InChI is InChI=1S/C13H14ClN3O/c1-17-7-10(12-13(18)16-5-4-15-12)9-3-2-8(14)6-11(9)17/h2-3,6-7,12,15H,4-5H2,1H3,(H,16,18). The van der Waals surface area contributed by atoms with E-state index in [4.69, 9.17) is 11.6 Å². The van der Waals surface area contributed by atoms with E-state index in [9.17, 15) is 4.79 Å². The first kappa shape index (κ1) is 11.6. The minimum atomic E-state index is -0.274. The quantitative estimate of drug-likeness (QED) is 0.821. The Labute approximate surface area is 110 Å². The Kier molecular flexibility index (Phi) is 2.76. The minimum absolute atomic E-state index is 0.0312. The molecule has 94 valence electrons. The van der Waals surface area contributed by atoms with Gasteiger partial charge >= 0.3 is 0 Å². The zero-order valence-corrected chi connectivity index (χ0v) is 10.8. The normalized spacial score (nSPS) is 20.1. The number of hydrogen-bond acceptors (Lipinski definition) is 2. The van der Waals surface area contributed by atoms with Crippen molar-refractivity contribution in [2.45, 2.75) is 6.04 Å².